The minimum Gasteiger partial charge on any atom is -0.324 e. The van der Waals surface area contributed by atoms with E-state index in [4.69, 9.17) is 0 Å². The number of hydrogen-bond acceptors (Lipinski definition) is 3. The number of hydrogen-bond donors (Lipinski definition) is 1. The number of para-hydroxylation sites is 1. The number of amides is 1. The Labute approximate surface area is 188 Å². The Morgan fingerprint density at radius 1 is 0.939 bits per heavy atom. The van der Waals surface area contributed by atoms with E-state index in [1.807, 2.05) is 0 Å². The first-order chi connectivity index (χ1) is 15.5. The average Bonchev–Trinajstić information content (AvgIpc) is 2.74. The first-order valence-corrected chi connectivity index (χ1v) is 11.2. The van der Waals surface area contributed by atoms with Crippen LogP contribution in [0.25, 0.3) is 0 Å². The lowest BCUT2D eigenvalue weighted by Gasteiger charge is -2.22. The molecule has 0 bridgehead atoms. The smallest absolute Gasteiger partial charge is 0.324 e. The summed E-state index contributed by atoms with van der Waals surface area (Å²) in [5.41, 5.74) is -0.314. The van der Waals surface area contributed by atoms with Crippen LogP contribution >= 0.6 is 0 Å². The van der Waals surface area contributed by atoms with E-state index in [2.05, 4.69) is 5.32 Å². The number of sulfonamides is 1. The number of nitrogens with one attached hydrogen (secondary N) is 1. The molecule has 0 aromatic heterocycles. The molecule has 174 valence electrons. The third-order valence-electron chi connectivity index (χ3n) is 4.76. The van der Waals surface area contributed by atoms with E-state index in [0.717, 1.165) is 34.1 Å². The molecule has 33 heavy (non-hydrogen) atoms. The predicted octanol–water partition coefficient (Wildman–Crippen LogP) is 4.98. The highest BCUT2D eigenvalue weighted by Gasteiger charge is 2.34. The molecular formula is C23H20F4N2O3S. The van der Waals surface area contributed by atoms with Gasteiger partial charge in [-0.3, -0.25) is 4.79 Å². The van der Waals surface area contributed by atoms with Crippen molar-refractivity contribution < 1.29 is 30.8 Å². The van der Waals surface area contributed by atoms with Gasteiger partial charge < -0.3 is 5.32 Å². The van der Waals surface area contributed by atoms with Crippen molar-refractivity contribution in [2.75, 3.05) is 11.9 Å². The molecule has 3 aromatic rings. The molecule has 5 nitrogen and oxygen atoms in total. The third-order valence-corrected chi connectivity index (χ3v) is 6.56. The number of anilines is 1. The third kappa shape index (κ3) is 6.17. The van der Waals surface area contributed by atoms with Gasteiger partial charge in [0, 0.05) is 6.54 Å². The van der Waals surface area contributed by atoms with Crippen molar-refractivity contribution >= 4 is 21.6 Å². The van der Waals surface area contributed by atoms with Crippen molar-refractivity contribution in [3.63, 3.8) is 0 Å². The number of alkyl halides is 3. The zero-order valence-electron chi connectivity index (χ0n) is 17.4. The molecule has 3 aromatic carbocycles. The van der Waals surface area contributed by atoms with Crippen LogP contribution < -0.4 is 5.32 Å². The van der Waals surface area contributed by atoms with Crippen LogP contribution in [0.15, 0.2) is 77.7 Å². The summed E-state index contributed by atoms with van der Waals surface area (Å²) in [5, 5.41) is 2.15. The van der Waals surface area contributed by atoms with Gasteiger partial charge >= 0.3 is 6.18 Å². The molecular weight excluding hydrogens is 460 g/mol. The molecule has 0 saturated heterocycles. The van der Waals surface area contributed by atoms with E-state index in [9.17, 15) is 30.8 Å². The second-order valence-electron chi connectivity index (χ2n) is 7.30. The quantitative estimate of drug-likeness (QED) is 0.485. The minimum absolute atomic E-state index is 0.0845. The van der Waals surface area contributed by atoms with Gasteiger partial charge in [-0.2, -0.15) is 17.5 Å². The molecule has 0 aliphatic carbocycles. The Kier molecular flexibility index (Phi) is 7.19. The minimum atomic E-state index is -4.70. The van der Waals surface area contributed by atoms with Gasteiger partial charge in [-0.1, -0.05) is 42.0 Å². The number of halogens is 4. The van der Waals surface area contributed by atoms with E-state index >= 15 is 0 Å². The van der Waals surface area contributed by atoms with E-state index < -0.39 is 45.7 Å². The largest absolute Gasteiger partial charge is 0.418 e. The zero-order valence-corrected chi connectivity index (χ0v) is 18.3. The highest BCUT2D eigenvalue weighted by Crippen LogP contribution is 2.34. The molecule has 10 heteroatoms. The van der Waals surface area contributed by atoms with Crippen molar-refractivity contribution in [3.05, 3.63) is 95.3 Å². The fourth-order valence-electron chi connectivity index (χ4n) is 3.07. The second kappa shape index (κ2) is 9.72. The molecule has 0 aliphatic rings. The summed E-state index contributed by atoms with van der Waals surface area (Å²) < 4.78 is 80.2. The van der Waals surface area contributed by atoms with Crippen LogP contribution in [0.4, 0.5) is 23.2 Å². The Bertz CT molecular complexity index is 1230. The molecule has 0 saturated carbocycles. The van der Waals surface area contributed by atoms with E-state index in [1.54, 1.807) is 19.1 Å². The summed E-state index contributed by atoms with van der Waals surface area (Å²) in [6, 6.07) is 15.3. The summed E-state index contributed by atoms with van der Waals surface area (Å²) in [6.45, 7) is 0.739. The first-order valence-electron chi connectivity index (χ1n) is 9.74. The van der Waals surface area contributed by atoms with E-state index in [1.165, 1.54) is 36.4 Å². The van der Waals surface area contributed by atoms with Gasteiger partial charge in [0.2, 0.25) is 15.9 Å². The van der Waals surface area contributed by atoms with Gasteiger partial charge in [0.25, 0.3) is 0 Å². The predicted molar refractivity (Wildman–Crippen MR) is 115 cm³/mol. The van der Waals surface area contributed by atoms with Crippen molar-refractivity contribution in [3.8, 4) is 0 Å². The van der Waals surface area contributed by atoms with Crippen molar-refractivity contribution in [1.82, 2.24) is 4.31 Å². The summed E-state index contributed by atoms with van der Waals surface area (Å²) in [4.78, 5) is 12.5. The molecule has 0 fully saturated rings. The van der Waals surface area contributed by atoms with Crippen LogP contribution in [0.1, 0.15) is 16.7 Å². The topological polar surface area (TPSA) is 66.5 Å². The molecule has 0 radical (unpaired) electrons. The number of rotatable bonds is 7. The zero-order chi connectivity index (χ0) is 24.2. The number of carbonyl (C=O) groups is 1. The van der Waals surface area contributed by atoms with Crippen LogP contribution in [0.5, 0.6) is 0 Å². The lowest BCUT2D eigenvalue weighted by molar-refractivity contribution is -0.137. The maximum absolute atomic E-state index is 13.3. The van der Waals surface area contributed by atoms with Gasteiger partial charge in [-0.25, -0.2) is 12.8 Å². The van der Waals surface area contributed by atoms with Crippen LogP contribution in [-0.2, 0) is 27.5 Å². The normalized spacial score (nSPS) is 12.1. The average molecular weight is 480 g/mol. The molecule has 1 amide bonds. The maximum Gasteiger partial charge on any atom is 0.418 e. The lowest BCUT2D eigenvalue weighted by Crippen LogP contribution is -2.37. The number of aryl methyl sites for hydroxylation is 1. The second-order valence-corrected chi connectivity index (χ2v) is 9.24. The molecule has 0 heterocycles. The summed E-state index contributed by atoms with van der Waals surface area (Å²) in [7, 11) is -4.20. The number of carbonyl (C=O) groups excluding carboxylic acids is 1. The van der Waals surface area contributed by atoms with E-state index in [-0.39, 0.29) is 11.4 Å². The van der Waals surface area contributed by atoms with Crippen molar-refractivity contribution in [2.24, 2.45) is 0 Å². The van der Waals surface area contributed by atoms with Crippen molar-refractivity contribution in [2.45, 2.75) is 24.5 Å². The fourth-order valence-corrected chi connectivity index (χ4v) is 4.45. The summed E-state index contributed by atoms with van der Waals surface area (Å²) in [5.74, 6) is -1.47. The van der Waals surface area contributed by atoms with Gasteiger partial charge in [-0.15, -0.1) is 0 Å². The Hall–Kier alpha value is -3.24. The molecule has 0 spiro atoms. The molecule has 0 atom stereocenters. The Balaban J connectivity index is 1.90. The fraction of sp³-hybridized carbons (Fsp3) is 0.174. The van der Waals surface area contributed by atoms with Crippen LogP contribution in [0.2, 0.25) is 0 Å². The van der Waals surface area contributed by atoms with Gasteiger partial charge in [0.05, 0.1) is 22.7 Å². The lowest BCUT2D eigenvalue weighted by atomic mass is 10.1. The highest BCUT2D eigenvalue weighted by molar-refractivity contribution is 7.89. The number of nitrogens with zero attached hydrogens (tertiary/aromatic N) is 1. The molecule has 0 aliphatic heterocycles. The van der Waals surface area contributed by atoms with Crippen LogP contribution in [0, 0.1) is 12.7 Å². The Morgan fingerprint density at radius 3 is 2.15 bits per heavy atom. The molecule has 0 unspecified atom stereocenters. The van der Waals surface area contributed by atoms with Gasteiger partial charge in [0.1, 0.15) is 5.82 Å². The highest BCUT2D eigenvalue weighted by atomic mass is 32.2. The number of benzene rings is 3. The van der Waals surface area contributed by atoms with Crippen LogP contribution in [0.3, 0.4) is 0 Å². The summed E-state index contributed by atoms with van der Waals surface area (Å²) in [6.07, 6.45) is -4.70. The SMILES string of the molecule is Cc1ccc(S(=O)(=O)N(CC(=O)Nc2ccccc2C(F)(F)F)Cc2ccc(F)cc2)cc1. The first kappa shape index (κ1) is 24.4. The van der Waals surface area contributed by atoms with Crippen molar-refractivity contribution in [1.29, 1.82) is 0 Å². The standard InChI is InChI=1S/C23H20F4N2O3S/c1-16-6-12-19(13-7-16)33(31,32)29(14-17-8-10-18(24)11-9-17)15-22(30)28-21-5-3-2-4-20(21)23(25,26)27/h2-13H,14-15H2,1H3,(H,28,30). The monoisotopic (exact) mass is 480 g/mol. The molecule has 1 N–H and O–H groups in total. The van der Waals surface area contributed by atoms with Crippen LogP contribution in [-0.4, -0.2) is 25.2 Å². The van der Waals surface area contributed by atoms with Gasteiger partial charge in [-0.05, 0) is 48.9 Å². The van der Waals surface area contributed by atoms with E-state index in [0.29, 0.717) is 5.56 Å². The molecule has 3 rings (SSSR count). The maximum atomic E-state index is 13.3. The summed E-state index contributed by atoms with van der Waals surface area (Å²) >= 11 is 0. The Morgan fingerprint density at radius 2 is 1.55 bits per heavy atom. The van der Waals surface area contributed by atoms with Gasteiger partial charge in [0.15, 0.2) is 0 Å².